The van der Waals surface area contributed by atoms with Crippen molar-refractivity contribution in [3.63, 3.8) is 0 Å². The van der Waals surface area contributed by atoms with Gasteiger partial charge in [-0.15, -0.1) is 11.3 Å². The van der Waals surface area contributed by atoms with E-state index < -0.39 is 0 Å². The summed E-state index contributed by atoms with van der Waals surface area (Å²) >= 11 is 1.60. The van der Waals surface area contributed by atoms with Gasteiger partial charge in [0.15, 0.2) is 0 Å². The lowest BCUT2D eigenvalue weighted by Gasteiger charge is -2.09. The van der Waals surface area contributed by atoms with E-state index in [1.807, 2.05) is 61.3 Å². The number of benzene rings is 1. The highest BCUT2D eigenvalue weighted by molar-refractivity contribution is 7.09. The lowest BCUT2D eigenvalue weighted by Crippen LogP contribution is -2.15. The lowest BCUT2D eigenvalue weighted by atomic mass is 10.2. The number of ether oxygens (including phenoxy) is 1. The molecule has 0 aliphatic carbocycles. The largest absolute Gasteiger partial charge is 0.496 e. The number of aryl methyl sites for hydroxylation is 3. The van der Waals surface area contributed by atoms with Crippen molar-refractivity contribution in [3.8, 4) is 17.0 Å². The Morgan fingerprint density at radius 2 is 2.08 bits per heavy atom. The van der Waals surface area contributed by atoms with Gasteiger partial charge >= 0.3 is 0 Å². The maximum absolute atomic E-state index is 12.6. The summed E-state index contributed by atoms with van der Waals surface area (Å²) in [5, 5.41) is 5.92. The topological polar surface area (TPSA) is 56.1 Å². The number of thiazole rings is 1. The molecule has 0 saturated carbocycles. The fourth-order valence-electron chi connectivity index (χ4n) is 2.52. The van der Waals surface area contributed by atoms with Crippen LogP contribution in [0.2, 0.25) is 0 Å². The van der Waals surface area contributed by atoms with E-state index in [1.54, 1.807) is 18.4 Å². The summed E-state index contributed by atoms with van der Waals surface area (Å²) in [5.74, 6) is 0.583. The predicted molar refractivity (Wildman–Crippen MR) is 96.9 cm³/mol. The highest BCUT2D eigenvalue weighted by Gasteiger charge is 2.15. The predicted octanol–water partition coefficient (Wildman–Crippen LogP) is 4.03. The second-order valence-corrected chi connectivity index (χ2v) is 6.68. The molecule has 0 bridgehead atoms. The van der Waals surface area contributed by atoms with Gasteiger partial charge in [0, 0.05) is 35.9 Å². The molecule has 0 aliphatic rings. The molecule has 1 amide bonds. The van der Waals surface area contributed by atoms with Crippen molar-refractivity contribution < 1.29 is 9.53 Å². The van der Waals surface area contributed by atoms with Crippen LogP contribution in [-0.4, -0.2) is 22.6 Å². The lowest BCUT2D eigenvalue weighted by molar-refractivity contribution is 0.101. The van der Waals surface area contributed by atoms with Crippen molar-refractivity contribution in [3.05, 3.63) is 52.1 Å². The molecule has 0 atom stereocenters. The number of methoxy groups -OCH3 is 1. The molecule has 2 heterocycles. The Bertz CT molecular complexity index is 896. The van der Waals surface area contributed by atoms with Gasteiger partial charge in [-0.3, -0.25) is 4.79 Å². The average molecular weight is 341 g/mol. The van der Waals surface area contributed by atoms with Crippen molar-refractivity contribution in [1.29, 1.82) is 0 Å². The van der Waals surface area contributed by atoms with Crippen LogP contribution in [0, 0.1) is 13.8 Å². The van der Waals surface area contributed by atoms with Crippen molar-refractivity contribution in [2.24, 2.45) is 7.05 Å². The van der Waals surface area contributed by atoms with Crippen LogP contribution in [0.1, 0.15) is 21.1 Å². The number of carbonyl (C=O) groups is 1. The fraction of sp³-hybridized carbons (Fsp3) is 0.222. The summed E-state index contributed by atoms with van der Waals surface area (Å²) in [6.45, 7) is 3.93. The number of anilines is 1. The summed E-state index contributed by atoms with van der Waals surface area (Å²) in [5.41, 5.74) is 4.14. The van der Waals surface area contributed by atoms with Crippen molar-refractivity contribution in [2.75, 3.05) is 12.4 Å². The molecule has 5 nitrogen and oxygen atoms in total. The summed E-state index contributed by atoms with van der Waals surface area (Å²) in [4.78, 5) is 17.0. The van der Waals surface area contributed by atoms with E-state index in [0.29, 0.717) is 11.4 Å². The van der Waals surface area contributed by atoms with Gasteiger partial charge in [-0.2, -0.15) is 0 Å². The molecule has 0 unspecified atom stereocenters. The molecule has 0 fully saturated rings. The van der Waals surface area contributed by atoms with Crippen LogP contribution in [0.15, 0.2) is 35.8 Å². The minimum Gasteiger partial charge on any atom is -0.496 e. The first-order chi connectivity index (χ1) is 11.5. The normalized spacial score (nSPS) is 10.7. The third-order valence-electron chi connectivity index (χ3n) is 3.82. The highest BCUT2D eigenvalue weighted by atomic mass is 32.1. The van der Waals surface area contributed by atoms with Gasteiger partial charge < -0.3 is 14.6 Å². The van der Waals surface area contributed by atoms with Gasteiger partial charge in [-0.05, 0) is 31.5 Å². The second-order valence-electron chi connectivity index (χ2n) is 5.62. The van der Waals surface area contributed by atoms with E-state index in [1.165, 1.54) is 0 Å². The summed E-state index contributed by atoms with van der Waals surface area (Å²) in [6, 6.07) is 7.46. The second kappa shape index (κ2) is 6.49. The first-order valence-electron chi connectivity index (χ1n) is 7.53. The number of nitrogens with one attached hydrogen (secondary N) is 1. The SMILES string of the molecule is COc1cc(NC(=O)c2cc(-c3csc(C)n3)cn2C)ccc1C. The van der Waals surface area contributed by atoms with Crippen molar-refractivity contribution >= 4 is 22.9 Å². The molecular formula is C18H19N3O2S. The molecule has 0 aliphatic heterocycles. The Morgan fingerprint density at radius 3 is 2.75 bits per heavy atom. The third kappa shape index (κ3) is 3.19. The van der Waals surface area contributed by atoms with Crippen LogP contribution in [-0.2, 0) is 7.05 Å². The quantitative estimate of drug-likeness (QED) is 0.779. The number of rotatable bonds is 4. The van der Waals surface area contributed by atoms with Gasteiger partial charge in [0.25, 0.3) is 5.91 Å². The van der Waals surface area contributed by atoms with Crippen LogP contribution in [0.3, 0.4) is 0 Å². The van der Waals surface area contributed by atoms with Crippen molar-refractivity contribution in [1.82, 2.24) is 9.55 Å². The van der Waals surface area contributed by atoms with E-state index in [9.17, 15) is 4.79 Å². The van der Waals surface area contributed by atoms with Gasteiger partial charge in [0.1, 0.15) is 11.4 Å². The van der Waals surface area contributed by atoms with E-state index in [2.05, 4.69) is 10.3 Å². The zero-order valence-corrected chi connectivity index (χ0v) is 14.9. The molecule has 0 spiro atoms. The minimum atomic E-state index is -0.165. The maximum Gasteiger partial charge on any atom is 0.272 e. The van der Waals surface area contributed by atoms with Crippen LogP contribution in [0.5, 0.6) is 5.75 Å². The Balaban J connectivity index is 1.84. The molecule has 6 heteroatoms. The minimum absolute atomic E-state index is 0.165. The Labute approximate surface area is 144 Å². The molecule has 3 aromatic rings. The van der Waals surface area contributed by atoms with Gasteiger partial charge in [0.2, 0.25) is 0 Å². The standard InChI is InChI=1S/C18H19N3O2S/c1-11-5-6-14(8-17(11)23-4)20-18(22)16-7-13(9-21(16)3)15-10-24-12(2)19-15/h5-10H,1-4H3,(H,20,22). The van der Waals surface area contributed by atoms with Crippen LogP contribution in [0.25, 0.3) is 11.3 Å². The first-order valence-corrected chi connectivity index (χ1v) is 8.40. The fourth-order valence-corrected chi connectivity index (χ4v) is 3.14. The van der Waals surface area contributed by atoms with E-state index in [-0.39, 0.29) is 5.91 Å². The molecule has 1 N–H and O–H groups in total. The molecule has 0 radical (unpaired) electrons. The molecule has 124 valence electrons. The molecule has 3 rings (SSSR count). The maximum atomic E-state index is 12.6. The average Bonchev–Trinajstić information content (AvgIpc) is 3.15. The molecule has 0 saturated heterocycles. The number of aromatic nitrogens is 2. The van der Waals surface area contributed by atoms with E-state index >= 15 is 0 Å². The Kier molecular flexibility index (Phi) is 4.40. The highest BCUT2D eigenvalue weighted by Crippen LogP contribution is 2.25. The van der Waals surface area contributed by atoms with Crippen LogP contribution < -0.4 is 10.1 Å². The number of hydrogen-bond acceptors (Lipinski definition) is 4. The number of carbonyl (C=O) groups excluding carboxylic acids is 1. The number of hydrogen-bond donors (Lipinski definition) is 1. The summed E-state index contributed by atoms with van der Waals surface area (Å²) in [6.07, 6.45) is 1.92. The van der Waals surface area contributed by atoms with Gasteiger partial charge in [-0.1, -0.05) is 6.07 Å². The molecule has 1 aromatic carbocycles. The molecule has 2 aromatic heterocycles. The smallest absolute Gasteiger partial charge is 0.272 e. The zero-order valence-electron chi connectivity index (χ0n) is 14.1. The molecule has 24 heavy (non-hydrogen) atoms. The number of amides is 1. The van der Waals surface area contributed by atoms with Gasteiger partial charge in [0.05, 0.1) is 17.8 Å². The molecular weight excluding hydrogens is 322 g/mol. The third-order valence-corrected chi connectivity index (χ3v) is 4.59. The Hall–Kier alpha value is -2.60. The Morgan fingerprint density at radius 1 is 1.29 bits per heavy atom. The van der Waals surface area contributed by atoms with Crippen LogP contribution in [0.4, 0.5) is 5.69 Å². The summed E-state index contributed by atoms with van der Waals surface area (Å²) < 4.78 is 7.11. The van der Waals surface area contributed by atoms with E-state index in [0.717, 1.165) is 27.6 Å². The monoisotopic (exact) mass is 341 g/mol. The number of nitrogens with zero attached hydrogens (tertiary/aromatic N) is 2. The zero-order chi connectivity index (χ0) is 17.3. The van der Waals surface area contributed by atoms with Gasteiger partial charge in [-0.25, -0.2) is 4.98 Å². The first kappa shape index (κ1) is 16.3. The van der Waals surface area contributed by atoms with E-state index in [4.69, 9.17) is 4.74 Å². The van der Waals surface area contributed by atoms with Crippen molar-refractivity contribution in [2.45, 2.75) is 13.8 Å². The summed E-state index contributed by atoms with van der Waals surface area (Å²) in [7, 11) is 3.47. The van der Waals surface area contributed by atoms with Crippen LogP contribution >= 0.6 is 11.3 Å².